The highest BCUT2D eigenvalue weighted by molar-refractivity contribution is 6.15. The average molecular weight is 106 g/mol. The summed E-state index contributed by atoms with van der Waals surface area (Å²) in [4.78, 5) is 7.92. The Morgan fingerprint density at radius 3 is 2.67 bits per heavy atom. The third-order valence-corrected chi connectivity index (χ3v) is 0.488. The fourth-order valence-corrected chi connectivity index (χ4v) is 0.256. The monoisotopic (exact) mass is 106 g/mol. The molecule has 0 aromatic heterocycles. The predicted octanol–water partition coefficient (Wildman–Crippen LogP) is -0.867. The summed E-state index contributed by atoms with van der Waals surface area (Å²) < 4.78 is 8.75. The highest BCUT2D eigenvalue weighted by atomic mass is 28.2. The van der Waals surface area contributed by atoms with Gasteiger partial charge in [0.25, 0.3) is 0 Å². The van der Waals surface area contributed by atoms with Crippen LogP contribution < -0.4 is 0 Å². The molecule has 6 heavy (non-hydrogen) atoms. The van der Waals surface area contributed by atoms with Crippen molar-refractivity contribution in [3.63, 3.8) is 0 Å². The van der Waals surface area contributed by atoms with Crippen LogP contribution in [0.2, 0.25) is 0 Å². The van der Waals surface area contributed by atoms with E-state index in [-0.39, 0.29) is 6.79 Å². The van der Waals surface area contributed by atoms with E-state index in [0.29, 0.717) is 0 Å². The molecule has 0 saturated carbocycles. The third-order valence-electron chi connectivity index (χ3n) is 0.241. The molecule has 0 aliphatic heterocycles. The second-order valence-corrected chi connectivity index (χ2v) is 1.11. The number of methoxy groups -OCH3 is 1. The molecule has 0 saturated heterocycles. The SMILES string of the molecule is COCO[Si]O. The van der Waals surface area contributed by atoms with Gasteiger partial charge in [0.05, 0.1) is 0 Å². The van der Waals surface area contributed by atoms with Crippen molar-refractivity contribution in [3.8, 4) is 0 Å². The minimum atomic E-state index is -0.460. The van der Waals surface area contributed by atoms with Gasteiger partial charge < -0.3 is 14.0 Å². The lowest BCUT2D eigenvalue weighted by molar-refractivity contribution is 0.0436. The Labute approximate surface area is 38.9 Å². The first-order chi connectivity index (χ1) is 2.91. The topological polar surface area (TPSA) is 38.7 Å². The molecule has 0 heterocycles. The number of ether oxygens (including phenoxy) is 1. The first kappa shape index (κ1) is 6.10. The summed E-state index contributed by atoms with van der Waals surface area (Å²) in [5.41, 5.74) is 0. The van der Waals surface area contributed by atoms with Crippen LogP contribution in [0.15, 0.2) is 0 Å². The first-order valence-electron chi connectivity index (χ1n) is 1.41. The Bertz CT molecular complexity index is 20.8. The van der Waals surface area contributed by atoms with E-state index in [9.17, 15) is 0 Å². The molecule has 0 bridgehead atoms. The first-order valence-corrected chi connectivity index (χ1v) is 2.27. The summed E-state index contributed by atoms with van der Waals surface area (Å²) in [7, 11) is 1.04. The van der Waals surface area contributed by atoms with Crippen LogP contribution in [0.25, 0.3) is 0 Å². The van der Waals surface area contributed by atoms with Gasteiger partial charge in [0, 0.05) is 7.11 Å². The lowest BCUT2D eigenvalue weighted by atomic mass is 11.4. The van der Waals surface area contributed by atoms with Crippen molar-refractivity contribution in [3.05, 3.63) is 0 Å². The predicted molar refractivity (Wildman–Crippen MR) is 20.9 cm³/mol. The van der Waals surface area contributed by atoms with Crippen LogP contribution in [0.4, 0.5) is 0 Å². The standard InChI is InChI=1S/C2H6O3Si/c1-4-2-5-6-3/h3H,2H2,1H3. The molecule has 1 N–H and O–H groups in total. The normalized spacial score (nSPS) is 9.00. The van der Waals surface area contributed by atoms with Crippen LogP contribution in [0.5, 0.6) is 0 Å². The summed E-state index contributed by atoms with van der Waals surface area (Å²) >= 11 is 0. The third kappa shape index (κ3) is 4.10. The van der Waals surface area contributed by atoms with Gasteiger partial charge in [-0.2, -0.15) is 0 Å². The van der Waals surface area contributed by atoms with Gasteiger partial charge in [-0.15, -0.1) is 0 Å². The van der Waals surface area contributed by atoms with Crippen molar-refractivity contribution in [2.45, 2.75) is 0 Å². The Balaban J connectivity index is 2.34. The van der Waals surface area contributed by atoms with E-state index >= 15 is 0 Å². The van der Waals surface area contributed by atoms with Gasteiger partial charge in [0.15, 0.2) is 0 Å². The molecule has 0 aromatic carbocycles. The van der Waals surface area contributed by atoms with Gasteiger partial charge in [0.2, 0.25) is 0 Å². The zero-order chi connectivity index (χ0) is 4.83. The van der Waals surface area contributed by atoms with Crippen molar-refractivity contribution in [1.29, 1.82) is 0 Å². The molecule has 0 unspecified atom stereocenters. The maximum absolute atomic E-state index is 7.92. The Kier molecular flexibility index (Phi) is 5.18. The van der Waals surface area contributed by atoms with Crippen LogP contribution in [0.1, 0.15) is 0 Å². The van der Waals surface area contributed by atoms with E-state index < -0.39 is 10.0 Å². The maximum Gasteiger partial charge on any atom is 0.432 e. The lowest BCUT2D eigenvalue weighted by Gasteiger charge is -1.90. The van der Waals surface area contributed by atoms with Gasteiger partial charge >= 0.3 is 10.0 Å². The molecule has 0 aromatic rings. The lowest BCUT2D eigenvalue weighted by Crippen LogP contribution is -1.99. The van der Waals surface area contributed by atoms with Crippen LogP contribution >= 0.6 is 0 Å². The molecular weight excluding hydrogens is 100 g/mol. The van der Waals surface area contributed by atoms with Crippen molar-refractivity contribution in [2.24, 2.45) is 0 Å². The molecule has 0 aliphatic rings. The second kappa shape index (κ2) is 5.10. The average Bonchev–Trinajstić information content (AvgIpc) is 1.61. The Hall–Kier alpha value is 0.0969. The van der Waals surface area contributed by atoms with E-state index in [4.69, 9.17) is 4.80 Å². The maximum atomic E-state index is 7.92. The summed E-state index contributed by atoms with van der Waals surface area (Å²) in [6.07, 6.45) is 0. The van der Waals surface area contributed by atoms with Crippen LogP contribution in [-0.4, -0.2) is 28.7 Å². The molecular formula is C2H6O3Si. The molecule has 0 rings (SSSR count). The minimum absolute atomic E-state index is 0.176. The van der Waals surface area contributed by atoms with Gasteiger partial charge in [0.1, 0.15) is 6.79 Å². The quantitative estimate of drug-likeness (QED) is 0.289. The molecule has 0 fully saturated rings. The second-order valence-electron chi connectivity index (χ2n) is 0.642. The minimum Gasteiger partial charge on any atom is -0.409 e. The largest absolute Gasteiger partial charge is 0.432 e. The highest BCUT2D eigenvalue weighted by Gasteiger charge is 1.78. The summed E-state index contributed by atoms with van der Waals surface area (Å²) in [6, 6.07) is 0. The van der Waals surface area contributed by atoms with Crippen molar-refractivity contribution < 1.29 is 14.0 Å². The molecule has 0 spiro atoms. The highest BCUT2D eigenvalue weighted by Crippen LogP contribution is 1.63. The van der Waals surface area contributed by atoms with Gasteiger partial charge in [-0.25, -0.2) is 0 Å². The van der Waals surface area contributed by atoms with Crippen LogP contribution in [-0.2, 0) is 9.16 Å². The zero-order valence-electron chi connectivity index (χ0n) is 3.47. The molecule has 0 atom stereocenters. The van der Waals surface area contributed by atoms with Crippen LogP contribution in [0, 0.1) is 0 Å². The molecule has 0 amide bonds. The smallest absolute Gasteiger partial charge is 0.409 e. The Morgan fingerprint density at radius 2 is 2.50 bits per heavy atom. The van der Waals surface area contributed by atoms with E-state index in [1.807, 2.05) is 0 Å². The summed E-state index contributed by atoms with van der Waals surface area (Å²) in [5.74, 6) is 0. The van der Waals surface area contributed by atoms with E-state index in [0.717, 1.165) is 0 Å². The molecule has 0 aliphatic carbocycles. The number of hydrogen-bond acceptors (Lipinski definition) is 3. The van der Waals surface area contributed by atoms with Crippen molar-refractivity contribution >= 4 is 10.0 Å². The molecule has 2 radical (unpaired) electrons. The van der Waals surface area contributed by atoms with E-state index in [1.54, 1.807) is 0 Å². The van der Waals surface area contributed by atoms with Crippen LogP contribution in [0.3, 0.4) is 0 Å². The fourth-order valence-electron chi connectivity index (χ4n) is 0.0853. The molecule has 4 heteroatoms. The van der Waals surface area contributed by atoms with Crippen molar-refractivity contribution in [2.75, 3.05) is 13.9 Å². The Morgan fingerprint density at radius 1 is 1.83 bits per heavy atom. The molecule has 3 nitrogen and oxygen atoms in total. The van der Waals surface area contributed by atoms with Gasteiger partial charge in [-0.3, -0.25) is 0 Å². The zero-order valence-corrected chi connectivity index (χ0v) is 4.47. The van der Waals surface area contributed by atoms with Gasteiger partial charge in [-0.1, -0.05) is 0 Å². The summed E-state index contributed by atoms with van der Waals surface area (Å²) in [5, 5.41) is 0. The van der Waals surface area contributed by atoms with Gasteiger partial charge in [-0.05, 0) is 0 Å². The number of hydrogen-bond donors (Lipinski definition) is 1. The number of rotatable bonds is 3. The van der Waals surface area contributed by atoms with Crippen molar-refractivity contribution in [1.82, 2.24) is 0 Å². The van der Waals surface area contributed by atoms with E-state index in [1.165, 1.54) is 7.11 Å². The van der Waals surface area contributed by atoms with E-state index in [2.05, 4.69) is 9.16 Å². The summed E-state index contributed by atoms with van der Waals surface area (Å²) in [6.45, 7) is 0.176. The molecule has 36 valence electrons. The fraction of sp³-hybridized carbons (Fsp3) is 1.00.